The zero-order valence-corrected chi connectivity index (χ0v) is 15.4. The lowest BCUT2D eigenvalue weighted by atomic mass is 9.83. The molecule has 0 saturated carbocycles. The van der Waals surface area contributed by atoms with Crippen LogP contribution in [0.4, 0.5) is 5.69 Å². The van der Waals surface area contributed by atoms with E-state index in [2.05, 4.69) is 0 Å². The van der Waals surface area contributed by atoms with Crippen LogP contribution in [0.25, 0.3) is 0 Å². The summed E-state index contributed by atoms with van der Waals surface area (Å²) >= 11 is 0. The molecule has 1 heterocycles. The smallest absolute Gasteiger partial charge is 0.191 e. The first kappa shape index (κ1) is 17.2. The van der Waals surface area contributed by atoms with Gasteiger partial charge < -0.3 is 4.90 Å². The van der Waals surface area contributed by atoms with Gasteiger partial charge in [-0.1, -0.05) is 78.9 Å². The summed E-state index contributed by atoms with van der Waals surface area (Å²) in [7, 11) is 0. The molecule has 4 rings (SSSR count). The van der Waals surface area contributed by atoms with E-state index in [1.807, 2.05) is 110 Å². The predicted octanol–water partition coefficient (Wildman–Crippen LogP) is 4.79. The van der Waals surface area contributed by atoms with Gasteiger partial charge in [0.2, 0.25) is 0 Å². The molecule has 3 aromatic carbocycles. The molecular formula is C24H21NO2. The average molecular weight is 355 g/mol. The maximum Gasteiger partial charge on any atom is 0.191 e. The van der Waals surface area contributed by atoms with E-state index in [1.54, 1.807) is 0 Å². The Hall–Kier alpha value is -3.20. The van der Waals surface area contributed by atoms with Gasteiger partial charge >= 0.3 is 0 Å². The minimum Gasteiger partial charge on any atom is -0.341 e. The number of hydrogen-bond acceptors (Lipinski definition) is 3. The van der Waals surface area contributed by atoms with Crippen LogP contribution in [-0.2, 0) is 0 Å². The molecule has 0 aliphatic carbocycles. The Morgan fingerprint density at radius 2 is 0.926 bits per heavy atom. The predicted molar refractivity (Wildman–Crippen MR) is 107 cm³/mol. The summed E-state index contributed by atoms with van der Waals surface area (Å²) in [6.07, 6.45) is 0. The second-order valence-electron chi connectivity index (χ2n) is 7.21. The van der Waals surface area contributed by atoms with Gasteiger partial charge in [-0.25, -0.2) is 0 Å². The molecule has 1 saturated heterocycles. The molecule has 27 heavy (non-hydrogen) atoms. The normalized spacial score (nSPS) is 23.7. The largest absolute Gasteiger partial charge is 0.341 e. The lowest BCUT2D eigenvalue weighted by Gasteiger charge is -2.12. The van der Waals surface area contributed by atoms with Gasteiger partial charge in [0.1, 0.15) is 11.1 Å². The molecule has 1 fully saturated rings. The second kappa shape index (κ2) is 6.20. The molecular weight excluding hydrogens is 334 g/mol. The van der Waals surface area contributed by atoms with Crippen LogP contribution in [0.15, 0.2) is 91.0 Å². The SMILES string of the molecule is C[C@]1(C(=O)c2ccccc2)N(c2ccccc2)[C@]1(C)C(=O)c1ccccc1. The lowest BCUT2D eigenvalue weighted by molar-refractivity contribution is 0.0883. The molecule has 0 aromatic heterocycles. The first-order valence-corrected chi connectivity index (χ1v) is 9.06. The summed E-state index contributed by atoms with van der Waals surface area (Å²) in [6.45, 7) is 3.74. The fraction of sp³-hybridized carbons (Fsp3) is 0.167. The Labute approximate surface area is 159 Å². The van der Waals surface area contributed by atoms with E-state index >= 15 is 0 Å². The van der Waals surface area contributed by atoms with Crippen molar-refractivity contribution < 1.29 is 9.59 Å². The number of anilines is 1. The lowest BCUT2D eigenvalue weighted by Crippen LogP contribution is -2.35. The maximum absolute atomic E-state index is 13.5. The van der Waals surface area contributed by atoms with Crippen LogP contribution >= 0.6 is 0 Å². The Balaban J connectivity index is 1.83. The van der Waals surface area contributed by atoms with Crippen molar-refractivity contribution in [2.24, 2.45) is 0 Å². The van der Waals surface area contributed by atoms with Crippen molar-refractivity contribution in [3.63, 3.8) is 0 Å². The summed E-state index contributed by atoms with van der Waals surface area (Å²) < 4.78 is 0. The average Bonchev–Trinajstić information content (AvgIpc) is 3.26. The van der Waals surface area contributed by atoms with Gasteiger partial charge in [0.25, 0.3) is 0 Å². The Morgan fingerprint density at radius 3 is 1.30 bits per heavy atom. The van der Waals surface area contributed by atoms with Gasteiger partial charge in [0.05, 0.1) is 0 Å². The molecule has 3 nitrogen and oxygen atoms in total. The summed E-state index contributed by atoms with van der Waals surface area (Å²) in [6, 6.07) is 28.1. The van der Waals surface area contributed by atoms with E-state index in [9.17, 15) is 9.59 Å². The number of benzene rings is 3. The van der Waals surface area contributed by atoms with Crippen LogP contribution in [0.3, 0.4) is 0 Å². The van der Waals surface area contributed by atoms with Crippen molar-refractivity contribution in [1.82, 2.24) is 0 Å². The molecule has 0 unspecified atom stereocenters. The van der Waals surface area contributed by atoms with Crippen LogP contribution in [0.2, 0.25) is 0 Å². The van der Waals surface area contributed by atoms with Gasteiger partial charge in [0.15, 0.2) is 11.6 Å². The summed E-state index contributed by atoms with van der Waals surface area (Å²) in [5, 5.41) is 0. The van der Waals surface area contributed by atoms with Gasteiger partial charge in [0, 0.05) is 16.8 Å². The third-order valence-corrected chi connectivity index (χ3v) is 5.76. The Morgan fingerprint density at radius 1 is 0.593 bits per heavy atom. The van der Waals surface area contributed by atoms with Crippen LogP contribution in [-0.4, -0.2) is 22.6 Å². The van der Waals surface area contributed by atoms with Crippen molar-refractivity contribution >= 4 is 17.3 Å². The summed E-state index contributed by atoms with van der Waals surface area (Å²) in [5.74, 6) is -0.0857. The number of ketones is 2. The first-order chi connectivity index (χ1) is 13.0. The highest BCUT2D eigenvalue weighted by Gasteiger charge is 2.77. The molecule has 1 aliphatic rings. The van der Waals surface area contributed by atoms with Gasteiger partial charge in [-0.3, -0.25) is 9.59 Å². The highest BCUT2D eigenvalue weighted by atomic mass is 16.2. The standard InChI is InChI=1S/C24H21NO2/c1-23(21(26)18-12-6-3-7-13-18)24(2,22(27)19-14-8-4-9-15-19)25(23)20-16-10-5-11-17-20/h3-17H,1-2H3/t23-,24-/m1/s1. The van der Waals surface area contributed by atoms with Crippen LogP contribution in [0.1, 0.15) is 34.6 Å². The van der Waals surface area contributed by atoms with Crippen molar-refractivity contribution in [3.05, 3.63) is 102 Å². The van der Waals surface area contributed by atoms with E-state index in [-0.39, 0.29) is 11.6 Å². The number of rotatable bonds is 5. The van der Waals surface area contributed by atoms with E-state index in [4.69, 9.17) is 0 Å². The minimum atomic E-state index is -0.942. The molecule has 0 radical (unpaired) electrons. The molecule has 0 amide bonds. The number of hydrogen-bond donors (Lipinski definition) is 0. The topological polar surface area (TPSA) is 37.1 Å². The molecule has 134 valence electrons. The quantitative estimate of drug-likeness (QED) is 0.488. The second-order valence-corrected chi connectivity index (χ2v) is 7.21. The Kier molecular flexibility index (Phi) is 3.96. The van der Waals surface area contributed by atoms with Crippen molar-refractivity contribution in [1.29, 1.82) is 0 Å². The maximum atomic E-state index is 13.5. The fourth-order valence-corrected chi connectivity index (χ4v) is 4.09. The van der Waals surface area contributed by atoms with Gasteiger partial charge in [-0.15, -0.1) is 0 Å². The highest BCUT2D eigenvalue weighted by molar-refractivity contribution is 6.22. The number of nitrogens with zero attached hydrogens (tertiary/aromatic N) is 1. The van der Waals surface area contributed by atoms with E-state index in [0.717, 1.165) is 5.69 Å². The highest BCUT2D eigenvalue weighted by Crippen LogP contribution is 2.57. The third kappa shape index (κ3) is 2.42. The fourth-order valence-electron chi connectivity index (χ4n) is 4.09. The summed E-state index contributed by atoms with van der Waals surface area (Å²) in [5.41, 5.74) is 0.220. The molecule has 1 aliphatic heterocycles. The zero-order valence-electron chi connectivity index (χ0n) is 15.4. The zero-order chi connectivity index (χ0) is 19.1. The van der Waals surface area contributed by atoms with Gasteiger partial charge in [-0.05, 0) is 26.0 Å². The molecule has 0 bridgehead atoms. The van der Waals surface area contributed by atoms with E-state index in [0.29, 0.717) is 11.1 Å². The molecule has 0 N–H and O–H groups in total. The molecule has 3 heteroatoms. The number of para-hydroxylation sites is 1. The Bertz CT molecular complexity index is 921. The number of carbonyl (C=O) groups is 2. The van der Waals surface area contributed by atoms with Gasteiger partial charge in [-0.2, -0.15) is 0 Å². The van der Waals surface area contributed by atoms with Crippen molar-refractivity contribution in [3.8, 4) is 0 Å². The third-order valence-electron chi connectivity index (χ3n) is 5.76. The number of Topliss-reactive ketones (excluding diaryl/α,β-unsaturated/α-hetero) is 2. The van der Waals surface area contributed by atoms with E-state index < -0.39 is 11.1 Å². The van der Waals surface area contributed by atoms with Crippen LogP contribution in [0.5, 0.6) is 0 Å². The first-order valence-electron chi connectivity index (χ1n) is 9.06. The summed E-state index contributed by atoms with van der Waals surface area (Å²) in [4.78, 5) is 28.9. The van der Waals surface area contributed by atoms with Crippen molar-refractivity contribution in [2.75, 3.05) is 4.90 Å². The van der Waals surface area contributed by atoms with Crippen LogP contribution < -0.4 is 4.90 Å². The van der Waals surface area contributed by atoms with Crippen molar-refractivity contribution in [2.45, 2.75) is 24.9 Å². The number of carbonyl (C=O) groups excluding carboxylic acids is 2. The molecule has 0 spiro atoms. The molecule has 2 atom stereocenters. The minimum absolute atomic E-state index is 0.0428. The van der Waals surface area contributed by atoms with E-state index in [1.165, 1.54) is 0 Å². The van der Waals surface area contributed by atoms with Crippen LogP contribution in [0, 0.1) is 0 Å². The molecule has 3 aromatic rings. The monoisotopic (exact) mass is 355 g/mol.